The van der Waals surface area contributed by atoms with E-state index in [4.69, 9.17) is 14.1 Å². The Labute approximate surface area is 178 Å². The maximum atomic E-state index is 13.5. The van der Waals surface area contributed by atoms with Crippen LogP contribution < -0.4 is 4.90 Å². The summed E-state index contributed by atoms with van der Waals surface area (Å²) in [7, 11) is 0. The van der Waals surface area contributed by atoms with Crippen molar-refractivity contribution in [3.63, 3.8) is 0 Å². The summed E-state index contributed by atoms with van der Waals surface area (Å²) in [4.78, 5) is 24.4. The summed E-state index contributed by atoms with van der Waals surface area (Å²) in [5, 5.41) is 0.654. The lowest BCUT2D eigenvalue weighted by molar-refractivity contribution is 0.0891. The van der Waals surface area contributed by atoms with Crippen LogP contribution in [0.1, 0.15) is 48.9 Å². The fraction of sp³-hybridized carbons (Fsp3) is 0.348. The van der Waals surface area contributed by atoms with E-state index in [0.717, 1.165) is 29.7 Å². The molecule has 2 aromatic heterocycles. The van der Waals surface area contributed by atoms with Crippen molar-refractivity contribution < 1.29 is 13.9 Å². The molecule has 5 rings (SSSR count). The van der Waals surface area contributed by atoms with Crippen LogP contribution in [0, 0.1) is 0 Å². The van der Waals surface area contributed by atoms with Gasteiger partial charge in [0.05, 0.1) is 22.9 Å². The van der Waals surface area contributed by atoms with Crippen molar-refractivity contribution >= 4 is 43.7 Å². The number of hydrogen-bond donors (Lipinski definition) is 0. The van der Waals surface area contributed by atoms with Crippen LogP contribution in [0.15, 0.2) is 46.9 Å². The smallest absolute Gasteiger partial charge is 0.316 e. The summed E-state index contributed by atoms with van der Waals surface area (Å²) in [6.07, 6.45) is 1.93. The summed E-state index contributed by atoms with van der Waals surface area (Å²) in [6.45, 7) is 5.48. The lowest BCUT2D eigenvalue weighted by atomic mass is 10.0. The third kappa shape index (κ3) is 3.48. The van der Waals surface area contributed by atoms with Crippen molar-refractivity contribution in [2.24, 2.45) is 0 Å². The van der Waals surface area contributed by atoms with Gasteiger partial charge >= 0.3 is 5.91 Å². The van der Waals surface area contributed by atoms with Crippen molar-refractivity contribution in [2.75, 3.05) is 18.1 Å². The first kappa shape index (κ1) is 19.2. The highest BCUT2D eigenvalue weighted by Gasteiger charge is 2.30. The van der Waals surface area contributed by atoms with Crippen LogP contribution in [0.3, 0.4) is 0 Å². The first-order valence-electron chi connectivity index (χ1n) is 10.3. The van der Waals surface area contributed by atoms with Crippen LogP contribution in [0.4, 0.5) is 5.13 Å². The normalized spacial score (nSPS) is 16.7. The Morgan fingerprint density at radius 2 is 2.07 bits per heavy atom. The molecule has 1 fully saturated rings. The van der Waals surface area contributed by atoms with Crippen molar-refractivity contribution in [1.82, 2.24) is 9.97 Å². The van der Waals surface area contributed by atoms with Crippen molar-refractivity contribution in [3.05, 3.63) is 53.9 Å². The van der Waals surface area contributed by atoms with Gasteiger partial charge in [-0.15, -0.1) is 0 Å². The minimum atomic E-state index is -0.285. The van der Waals surface area contributed by atoms with Crippen LogP contribution in [0.25, 0.3) is 21.3 Å². The predicted octanol–water partition coefficient (Wildman–Crippen LogP) is 5.39. The van der Waals surface area contributed by atoms with Gasteiger partial charge in [-0.3, -0.25) is 9.69 Å². The summed E-state index contributed by atoms with van der Waals surface area (Å²) in [5.74, 6) is 0.146. The molecule has 2 aromatic carbocycles. The Balaban J connectivity index is 1.57. The number of hydrogen-bond acceptors (Lipinski definition) is 6. The number of carbonyl (C=O) groups is 1. The molecule has 30 heavy (non-hydrogen) atoms. The Hall–Kier alpha value is -2.77. The van der Waals surface area contributed by atoms with Crippen LogP contribution in [-0.2, 0) is 4.74 Å². The standard InChI is InChI=1S/C23H23N3O3S/c1-14(2)16-8-5-11-19-20(16)25-23(30-19)26(13-15-7-6-12-28-15)22(27)21-24-17-9-3-4-10-18(17)29-21/h3-5,8-11,14-15H,6-7,12-13H2,1-2H3. The quantitative estimate of drug-likeness (QED) is 0.432. The number of aromatic nitrogens is 2. The molecule has 0 radical (unpaired) electrons. The lowest BCUT2D eigenvalue weighted by Crippen LogP contribution is -2.37. The molecule has 6 nitrogen and oxygen atoms in total. The van der Waals surface area contributed by atoms with E-state index in [1.165, 1.54) is 16.9 Å². The van der Waals surface area contributed by atoms with Gasteiger partial charge in [-0.25, -0.2) is 9.97 Å². The third-order valence-corrected chi connectivity index (χ3v) is 6.47. The summed E-state index contributed by atoms with van der Waals surface area (Å²) >= 11 is 1.52. The van der Waals surface area contributed by atoms with Crippen molar-refractivity contribution in [2.45, 2.75) is 38.7 Å². The zero-order valence-electron chi connectivity index (χ0n) is 17.0. The van der Waals surface area contributed by atoms with E-state index >= 15 is 0 Å². The zero-order valence-corrected chi connectivity index (χ0v) is 17.8. The van der Waals surface area contributed by atoms with Crippen molar-refractivity contribution in [1.29, 1.82) is 0 Å². The third-order valence-electron chi connectivity index (χ3n) is 5.42. The van der Waals surface area contributed by atoms with Crippen LogP contribution in [0.2, 0.25) is 0 Å². The molecular weight excluding hydrogens is 398 g/mol. The molecule has 1 amide bonds. The number of para-hydroxylation sites is 3. The molecule has 1 atom stereocenters. The molecule has 1 saturated heterocycles. The Kier molecular flexibility index (Phi) is 5.00. The van der Waals surface area contributed by atoms with E-state index in [1.807, 2.05) is 30.3 Å². The number of nitrogens with zero attached hydrogens (tertiary/aromatic N) is 3. The number of thiazole rings is 1. The summed E-state index contributed by atoms with van der Waals surface area (Å²) in [6, 6.07) is 13.6. The van der Waals surface area contributed by atoms with Gasteiger partial charge in [0.15, 0.2) is 10.7 Å². The molecule has 154 valence electrons. The topological polar surface area (TPSA) is 68.5 Å². The molecule has 7 heteroatoms. The number of rotatable bonds is 5. The van der Waals surface area contributed by atoms with Crippen molar-refractivity contribution in [3.8, 4) is 0 Å². The maximum absolute atomic E-state index is 13.5. The van der Waals surface area contributed by atoms with Gasteiger partial charge in [0.1, 0.15) is 5.52 Å². The van der Waals surface area contributed by atoms with E-state index in [9.17, 15) is 4.79 Å². The van der Waals surface area contributed by atoms with E-state index in [0.29, 0.717) is 28.7 Å². The number of fused-ring (bicyclic) bond motifs is 2. The second-order valence-electron chi connectivity index (χ2n) is 7.88. The highest BCUT2D eigenvalue weighted by atomic mass is 32.1. The SMILES string of the molecule is CC(C)c1cccc2sc(N(CC3CCCO3)C(=O)c3nc4ccccc4o3)nc12. The summed E-state index contributed by atoms with van der Waals surface area (Å²) in [5.41, 5.74) is 3.41. The van der Waals surface area contributed by atoms with Gasteiger partial charge in [-0.05, 0) is 42.5 Å². The molecule has 0 N–H and O–H groups in total. The van der Waals surface area contributed by atoms with Crippen LogP contribution in [0.5, 0.6) is 0 Å². The Bertz CT molecular complexity index is 1170. The van der Waals surface area contributed by atoms with Gasteiger partial charge in [-0.2, -0.15) is 0 Å². The first-order chi connectivity index (χ1) is 14.6. The van der Waals surface area contributed by atoms with E-state index in [-0.39, 0.29) is 17.9 Å². The fourth-order valence-corrected chi connectivity index (χ4v) is 4.87. The largest absolute Gasteiger partial charge is 0.432 e. The molecule has 1 unspecified atom stereocenters. The monoisotopic (exact) mass is 421 g/mol. The molecule has 0 aliphatic carbocycles. The molecule has 1 aliphatic rings. The molecule has 4 aromatic rings. The van der Waals surface area contributed by atoms with E-state index in [1.54, 1.807) is 4.90 Å². The molecule has 1 aliphatic heterocycles. The predicted molar refractivity (Wildman–Crippen MR) is 118 cm³/mol. The Morgan fingerprint density at radius 1 is 1.20 bits per heavy atom. The minimum absolute atomic E-state index is 0.00471. The van der Waals surface area contributed by atoms with Gasteiger partial charge in [0.25, 0.3) is 5.89 Å². The number of amides is 1. The number of anilines is 1. The van der Waals surface area contributed by atoms with Gasteiger partial charge in [-0.1, -0.05) is 49.4 Å². The minimum Gasteiger partial charge on any atom is -0.432 e. The van der Waals surface area contributed by atoms with Crippen LogP contribution in [-0.4, -0.2) is 35.1 Å². The van der Waals surface area contributed by atoms with Gasteiger partial charge < -0.3 is 9.15 Å². The molecule has 0 saturated carbocycles. The Morgan fingerprint density at radius 3 is 2.83 bits per heavy atom. The first-order valence-corrected chi connectivity index (χ1v) is 11.1. The molecular formula is C23H23N3O3S. The number of carbonyl (C=O) groups excluding carboxylic acids is 1. The number of ether oxygens (including phenoxy) is 1. The maximum Gasteiger partial charge on any atom is 0.316 e. The average Bonchev–Trinajstić information content (AvgIpc) is 3.49. The zero-order chi connectivity index (χ0) is 20.7. The molecule has 3 heterocycles. The number of oxazole rings is 1. The highest BCUT2D eigenvalue weighted by Crippen LogP contribution is 2.35. The fourth-order valence-electron chi connectivity index (χ4n) is 3.86. The molecule has 0 spiro atoms. The summed E-state index contributed by atoms with van der Waals surface area (Å²) < 4.78 is 12.7. The molecule has 0 bridgehead atoms. The van der Waals surface area contributed by atoms with E-state index in [2.05, 4.69) is 31.0 Å². The highest BCUT2D eigenvalue weighted by molar-refractivity contribution is 7.22. The van der Waals surface area contributed by atoms with E-state index < -0.39 is 0 Å². The van der Waals surface area contributed by atoms with Gasteiger partial charge in [0.2, 0.25) is 0 Å². The second kappa shape index (κ2) is 7.81. The van der Waals surface area contributed by atoms with Crippen LogP contribution >= 0.6 is 11.3 Å². The average molecular weight is 422 g/mol. The lowest BCUT2D eigenvalue weighted by Gasteiger charge is -2.21. The second-order valence-corrected chi connectivity index (χ2v) is 8.89. The van der Waals surface area contributed by atoms with Gasteiger partial charge in [0, 0.05) is 6.61 Å². The number of benzene rings is 2.